The molecular formula is C120H96N12O8. The Balaban J connectivity index is 0.000000107. The van der Waals surface area contributed by atoms with Crippen molar-refractivity contribution in [1.82, 2.24) is 29.9 Å². The molecule has 0 aliphatic carbocycles. The van der Waals surface area contributed by atoms with Crippen molar-refractivity contribution < 1.29 is 39.0 Å². The van der Waals surface area contributed by atoms with Crippen LogP contribution in [-0.4, -0.2) is 118 Å². The molecule has 0 saturated carbocycles. The summed E-state index contributed by atoms with van der Waals surface area (Å²) in [5, 5.41) is 28.9. The van der Waals surface area contributed by atoms with Crippen molar-refractivity contribution in [1.29, 1.82) is 0 Å². The second kappa shape index (κ2) is 42.3. The van der Waals surface area contributed by atoms with Gasteiger partial charge in [-0.2, -0.15) is 0 Å². The molecule has 0 saturated heterocycles. The van der Waals surface area contributed by atoms with Gasteiger partial charge in [0.15, 0.2) is 11.5 Å². The number of rotatable bonds is 17. The number of benzene rings is 12. The molecule has 20 heteroatoms. The Kier molecular flexibility index (Phi) is 27.5. The lowest BCUT2D eigenvalue weighted by atomic mass is 9.96. The number of aromatic hydroxyl groups is 3. The van der Waals surface area contributed by atoms with Crippen LogP contribution >= 0.6 is 0 Å². The molecule has 0 spiro atoms. The number of aryl methyl sites for hydroxylation is 1. The predicted molar refractivity (Wildman–Crippen MR) is 561 cm³/mol. The third-order valence-electron chi connectivity index (χ3n) is 24.9. The zero-order chi connectivity index (χ0) is 95.8. The van der Waals surface area contributed by atoms with E-state index in [9.17, 15) is 15.3 Å². The Morgan fingerprint density at radius 2 is 0.493 bits per heavy atom. The quantitative estimate of drug-likeness (QED) is 0.0766. The van der Waals surface area contributed by atoms with E-state index in [1.807, 2.05) is 190 Å². The minimum atomic E-state index is 0.246. The van der Waals surface area contributed by atoms with Crippen molar-refractivity contribution in [2.75, 3.05) is 35.5 Å². The molecule has 140 heavy (non-hydrogen) atoms. The summed E-state index contributed by atoms with van der Waals surface area (Å²) in [5.74, 6) is 4.54. The number of phenolic OH excluding ortho intramolecular Hbond substituents is 3. The zero-order valence-electron chi connectivity index (χ0n) is 77.9. The average molecular weight is 1830 g/mol. The van der Waals surface area contributed by atoms with Gasteiger partial charge in [0, 0.05) is 147 Å². The molecule has 0 unspecified atom stereocenters. The molecule has 684 valence electrons. The normalized spacial score (nSPS) is 12.2. The second-order valence-corrected chi connectivity index (χ2v) is 33.7. The first-order valence-electron chi connectivity index (χ1n) is 45.8. The van der Waals surface area contributed by atoms with Crippen molar-refractivity contribution >= 4 is 37.3 Å². The van der Waals surface area contributed by atoms with Crippen LogP contribution in [0.2, 0.25) is 0 Å². The standard InChI is InChI=1S/2C21H18N2O2.2C20H16N2O.2C19H14N2O/c1-24-19-8-7-15(11-20(19)25-2)21-18(4-3-9-23-21)14-5-6-16-12-22-13-17(16)10-14;1-24-18-9-16(10-19(11-18)25-2)21-20(4-3-7-23-21)14-5-6-15-12-22-13-17(15)8-14;1-23-18-8-6-14(7-9-18)20-19(3-2-10-22-20)15-4-5-16-12-21-13-17(16)11-15;1-13-9-15(6-7-19(13)23)20-18(3-2-8-22-20)14-4-5-16-11-21-12-17(16)10-14;22-17-4-1-3-14(10-17)19-18(5-2-8-21-19)13-6-7-15-11-20-12-16(15)9-13;22-17-7-5-13(6-8-17)19-18(2-1-9-21-19)14-3-4-15-11-20-12-16(15)10-14/h2*3-11,13H,12H2,1-2H3;2-11,13H,12H2,1H3;2-10,12,23H,11H2,1H3;2*1-10,12,22H,11H2. The highest BCUT2D eigenvalue weighted by molar-refractivity contribution is 5.96. The summed E-state index contributed by atoms with van der Waals surface area (Å²) in [6, 6.07) is 102. The maximum atomic E-state index is 9.75. The van der Waals surface area contributed by atoms with Gasteiger partial charge < -0.3 is 39.0 Å². The number of hydrogen-bond acceptors (Lipinski definition) is 20. The van der Waals surface area contributed by atoms with E-state index in [2.05, 4.69) is 205 Å². The van der Waals surface area contributed by atoms with Crippen molar-refractivity contribution in [2.24, 2.45) is 30.0 Å². The summed E-state index contributed by atoms with van der Waals surface area (Å²) in [5.41, 5.74) is 40.2. The molecule has 0 fully saturated rings. The number of methoxy groups -OCH3 is 5. The summed E-state index contributed by atoms with van der Waals surface area (Å²) in [6.45, 7) is 6.53. The fourth-order valence-electron chi connectivity index (χ4n) is 17.6. The molecule has 24 rings (SSSR count). The number of hydrogen-bond donors (Lipinski definition) is 3. The molecule has 20 nitrogen and oxygen atoms in total. The van der Waals surface area contributed by atoms with Gasteiger partial charge >= 0.3 is 0 Å². The smallest absolute Gasteiger partial charge is 0.161 e. The number of pyridine rings is 6. The summed E-state index contributed by atoms with van der Waals surface area (Å²) in [4.78, 5) is 53.4. The highest BCUT2D eigenvalue weighted by Gasteiger charge is 2.22. The van der Waals surface area contributed by atoms with E-state index in [0.29, 0.717) is 17.2 Å². The van der Waals surface area contributed by atoms with Gasteiger partial charge in [-0.1, -0.05) is 121 Å². The van der Waals surface area contributed by atoms with Crippen LogP contribution in [0.4, 0.5) is 0 Å². The van der Waals surface area contributed by atoms with Crippen LogP contribution in [0.5, 0.6) is 46.0 Å². The molecule has 0 bridgehead atoms. The third-order valence-corrected chi connectivity index (χ3v) is 24.9. The van der Waals surface area contributed by atoms with Gasteiger partial charge in [0.2, 0.25) is 0 Å². The molecule has 12 aromatic carbocycles. The van der Waals surface area contributed by atoms with Gasteiger partial charge in [-0.25, -0.2) is 0 Å². The van der Waals surface area contributed by atoms with Crippen LogP contribution in [0.15, 0.2) is 377 Å². The van der Waals surface area contributed by atoms with E-state index in [4.69, 9.17) is 23.7 Å². The summed E-state index contributed by atoms with van der Waals surface area (Å²) in [6.07, 6.45) is 22.4. The maximum Gasteiger partial charge on any atom is 0.161 e. The minimum absolute atomic E-state index is 0.246. The summed E-state index contributed by atoms with van der Waals surface area (Å²) in [7, 11) is 8.25. The lowest BCUT2D eigenvalue weighted by Crippen LogP contribution is -1.94. The number of fused-ring (bicyclic) bond motifs is 6. The zero-order valence-corrected chi connectivity index (χ0v) is 77.9. The highest BCUT2D eigenvalue weighted by atomic mass is 16.5. The van der Waals surface area contributed by atoms with Gasteiger partial charge in [0.25, 0.3) is 0 Å². The van der Waals surface area contributed by atoms with E-state index in [0.717, 1.165) is 196 Å². The van der Waals surface area contributed by atoms with Crippen molar-refractivity contribution in [2.45, 2.75) is 46.2 Å². The lowest BCUT2D eigenvalue weighted by Gasteiger charge is -2.13. The van der Waals surface area contributed by atoms with Crippen LogP contribution in [0.3, 0.4) is 0 Å². The second-order valence-electron chi connectivity index (χ2n) is 33.7. The number of nitrogens with zero attached hydrogens (tertiary/aromatic N) is 12. The van der Waals surface area contributed by atoms with E-state index in [1.165, 1.54) is 66.8 Å². The molecular weight excluding hydrogens is 1740 g/mol. The summed E-state index contributed by atoms with van der Waals surface area (Å²) < 4.78 is 26.8. The Bertz CT molecular complexity index is 7840. The Morgan fingerprint density at radius 3 is 0.807 bits per heavy atom. The predicted octanol–water partition coefficient (Wildman–Crippen LogP) is 25.6. The van der Waals surface area contributed by atoms with Crippen molar-refractivity contribution in [3.05, 3.63) is 419 Å². The van der Waals surface area contributed by atoms with Crippen molar-refractivity contribution in [3.8, 4) is 180 Å². The van der Waals surface area contributed by atoms with Gasteiger partial charge in [0.05, 0.1) is 109 Å². The van der Waals surface area contributed by atoms with Crippen LogP contribution in [0.25, 0.3) is 134 Å². The highest BCUT2D eigenvalue weighted by Crippen LogP contribution is 2.43. The van der Waals surface area contributed by atoms with E-state index >= 15 is 0 Å². The molecule has 0 amide bonds. The minimum Gasteiger partial charge on any atom is -0.508 e. The molecule has 0 radical (unpaired) electrons. The molecule has 0 atom stereocenters. The monoisotopic (exact) mass is 1830 g/mol. The topological polar surface area (TPSA) is 258 Å². The number of ether oxygens (including phenoxy) is 5. The number of aromatic nitrogens is 6. The molecule has 6 aliphatic heterocycles. The van der Waals surface area contributed by atoms with Crippen LogP contribution in [-0.2, 0) is 39.3 Å². The SMILES string of the molecule is COc1cc(OC)cc(-c2ncccc2-c2ccc3c(c2)C=NC3)c1.COc1ccc(-c2ncccc2-c2ccc3c(c2)C=NC3)cc1.COc1ccc(-c2ncccc2-c2ccc3c(c2)C=NC3)cc1OC.Cc1cc(-c2ncccc2-c2ccc3c(c2)C=NC3)ccc1O.Oc1ccc(-c2ncccc2-c2ccc3c(c2)C=NC3)cc1.Oc1cccc(-c2ncccc2-c2ccc3c(c2)C=NC3)c1. The molecule has 12 heterocycles. The third kappa shape index (κ3) is 20.5. The molecule has 6 aliphatic rings. The average Bonchev–Trinajstić information content (AvgIpc) is 1.35. The first-order chi connectivity index (χ1) is 68.8. The Hall–Kier alpha value is -18.0. The first-order valence-corrected chi connectivity index (χ1v) is 45.8. The van der Waals surface area contributed by atoms with Gasteiger partial charge in [-0.15, -0.1) is 0 Å². The van der Waals surface area contributed by atoms with Gasteiger partial charge in [-0.05, 0) is 295 Å². The Morgan fingerprint density at radius 1 is 0.207 bits per heavy atom. The maximum absolute atomic E-state index is 9.75. The van der Waals surface area contributed by atoms with E-state index < -0.39 is 0 Å². The summed E-state index contributed by atoms with van der Waals surface area (Å²) >= 11 is 0. The van der Waals surface area contributed by atoms with Crippen LogP contribution < -0.4 is 23.7 Å². The Labute approximate surface area is 812 Å². The lowest BCUT2D eigenvalue weighted by molar-refractivity contribution is 0.355. The van der Waals surface area contributed by atoms with Crippen LogP contribution in [0.1, 0.15) is 72.3 Å². The number of phenols is 3. The van der Waals surface area contributed by atoms with Gasteiger partial charge in [0.1, 0.15) is 34.5 Å². The molecule has 6 aromatic heterocycles. The van der Waals surface area contributed by atoms with Crippen LogP contribution in [0, 0.1) is 6.92 Å². The largest absolute Gasteiger partial charge is 0.508 e. The van der Waals surface area contributed by atoms with Gasteiger partial charge in [-0.3, -0.25) is 59.9 Å². The van der Waals surface area contributed by atoms with E-state index in [1.54, 1.807) is 90.7 Å². The molecule has 3 N–H and O–H groups in total. The number of aliphatic imine (C=N–C) groups is 6. The fourth-order valence-corrected chi connectivity index (χ4v) is 17.6. The first kappa shape index (κ1) is 91.1. The molecule has 18 aromatic rings. The van der Waals surface area contributed by atoms with Crippen molar-refractivity contribution in [3.63, 3.8) is 0 Å². The van der Waals surface area contributed by atoms with E-state index in [-0.39, 0.29) is 11.5 Å². The fraction of sp³-hybridized carbons (Fsp3) is 0.100.